The lowest BCUT2D eigenvalue weighted by atomic mass is 10.1. The maximum absolute atomic E-state index is 12.7. The summed E-state index contributed by atoms with van der Waals surface area (Å²) in [4.78, 5) is 29.3. The summed E-state index contributed by atoms with van der Waals surface area (Å²) in [6.45, 7) is 2.95. The second-order valence-electron chi connectivity index (χ2n) is 7.78. The number of amides is 3. The topological polar surface area (TPSA) is 64.7 Å². The number of piperazine rings is 1. The highest BCUT2D eigenvalue weighted by atomic mass is 16.2. The molecule has 2 aromatic carbocycles. The van der Waals surface area contributed by atoms with Crippen LogP contribution in [0.2, 0.25) is 0 Å². The summed E-state index contributed by atoms with van der Waals surface area (Å²) in [5, 5.41) is 6.04. The standard InChI is InChI=1S/C23H28N4O2/c28-22(24-19-8-4-5-9-19)18-7-6-10-20(17-18)25-23(29)27-15-13-26(14-16-27)21-11-2-1-3-12-21/h1-3,6-7,10-12,17,19H,4-5,8-9,13-16H2,(H,24,28)(H,25,29). The molecule has 2 aromatic rings. The predicted molar refractivity (Wildman–Crippen MR) is 115 cm³/mol. The van der Waals surface area contributed by atoms with Crippen LogP contribution in [0.5, 0.6) is 0 Å². The Morgan fingerprint density at radius 3 is 2.31 bits per heavy atom. The average Bonchev–Trinajstić information content (AvgIpc) is 3.28. The van der Waals surface area contributed by atoms with Crippen LogP contribution in [-0.2, 0) is 0 Å². The van der Waals surface area contributed by atoms with Gasteiger partial charge in [0.15, 0.2) is 0 Å². The number of nitrogens with zero attached hydrogens (tertiary/aromatic N) is 2. The van der Waals surface area contributed by atoms with Crippen molar-refractivity contribution >= 4 is 23.3 Å². The third-order valence-corrected chi connectivity index (χ3v) is 5.75. The SMILES string of the molecule is O=C(NC1CCCC1)c1cccc(NC(=O)N2CCN(c3ccccc3)CC2)c1. The third-order valence-electron chi connectivity index (χ3n) is 5.75. The quantitative estimate of drug-likeness (QED) is 0.834. The Bertz CT molecular complexity index is 841. The predicted octanol–water partition coefficient (Wildman–Crippen LogP) is 3.71. The molecule has 1 aliphatic heterocycles. The van der Waals surface area contributed by atoms with Gasteiger partial charge in [-0.25, -0.2) is 4.79 Å². The zero-order valence-electron chi connectivity index (χ0n) is 16.6. The molecule has 0 bridgehead atoms. The molecule has 29 heavy (non-hydrogen) atoms. The number of para-hydroxylation sites is 1. The van der Waals surface area contributed by atoms with Crippen LogP contribution in [0.1, 0.15) is 36.0 Å². The Morgan fingerprint density at radius 1 is 0.862 bits per heavy atom. The summed E-state index contributed by atoms with van der Waals surface area (Å²) < 4.78 is 0. The zero-order chi connectivity index (χ0) is 20.1. The minimum absolute atomic E-state index is 0.0653. The van der Waals surface area contributed by atoms with Crippen LogP contribution in [0, 0.1) is 0 Å². The Labute approximate surface area is 171 Å². The van der Waals surface area contributed by atoms with Gasteiger partial charge in [0.2, 0.25) is 0 Å². The van der Waals surface area contributed by atoms with Crippen LogP contribution >= 0.6 is 0 Å². The molecule has 0 radical (unpaired) electrons. The van der Waals surface area contributed by atoms with Gasteiger partial charge in [0.05, 0.1) is 0 Å². The molecule has 1 saturated heterocycles. The molecule has 0 atom stereocenters. The first-order valence-corrected chi connectivity index (χ1v) is 10.5. The van der Waals surface area contributed by atoms with Gasteiger partial charge in [-0.05, 0) is 43.2 Å². The summed E-state index contributed by atoms with van der Waals surface area (Å²) in [7, 11) is 0. The molecule has 0 spiro atoms. The van der Waals surface area contributed by atoms with Crippen LogP contribution in [0.25, 0.3) is 0 Å². The fourth-order valence-corrected chi connectivity index (χ4v) is 4.09. The summed E-state index contributed by atoms with van der Waals surface area (Å²) in [5.41, 5.74) is 2.43. The van der Waals surface area contributed by atoms with Crippen LogP contribution in [0.3, 0.4) is 0 Å². The molecular weight excluding hydrogens is 364 g/mol. The maximum Gasteiger partial charge on any atom is 0.321 e. The van der Waals surface area contributed by atoms with E-state index in [1.807, 2.05) is 35.2 Å². The average molecular weight is 393 g/mol. The highest BCUT2D eigenvalue weighted by Crippen LogP contribution is 2.19. The largest absolute Gasteiger partial charge is 0.368 e. The molecule has 4 rings (SSSR count). The molecule has 3 amide bonds. The van der Waals surface area contributed by atoms with E-state index in [0.29, 0.717) is 24.3 Å². The van der Waals surface area contributed by atoms with Crippen molar-refractivity contribution in [2.24, 2.45) is 0 Å². The molecule has 152 valence electrons. The van der Waals surface area contributed by atoms with Crippen LogP contribution < -0.4 is 15.5 Å². The van der Waals surface area contributed by atoms with E-state index in [4.69, 9.17) is 0 Å². The van der Waals surface area contributed by atoms with E-state index in [0.717, 1.165) is 25.9 Å². The number of anilines is 2. The minimum atomic E-state index is -0.119. The number of hydrogen-bond acceptors (Lipinski definition) is 3. The summed E-state index contributed by atoms with van der Waals surface area (Å²) >= 11 is 0. The number of urea groups is 1. The van der Waals surface area contributed by atoms with Crippen molar-refractivity contribution < 1.29 is 9.59 Å². The smallest absolute Gasteiger partial charge is 0.321 e. The van der Waals surface area contributed by atoms with E-state index >= 15 is 0 Å². The number of carbonyl (C=O) groups excluding carboxylic acids is 2. The number of carbonyl (C=O) groups is 2. The van der Waals surface area contributed by atoms with E-state index in [9.17, 15) is 9.59 Å². The zero-order valence-corrected chi connectivity index (χ0v) is 16.6. The minimum Gasteiger partial charge on any atom is -0.368 e. The summed E-state index contributed by atoms with van der Waals surface area (Å²) in [6, 6.07) is 17.6. The van der Waals surface area contributed by atoms with Crippen LogP contribution in [0.4, 0.5) is 16.2 Å². The van der Waals surface area contributed by atoms with Gasteiger partial charge >= 0.3 is 6.03 Å². The molecule has 1 heterocycles. The lowest BCUT2D eigenvalue weighted by molar-refractivity contribution is 0.0938. The van der Waals surface area contributed by atoms with Crippen molar-refractivity contribution in [2.75, 3.05) is 36.4 Å². The van der Waals surface area contributed by atoms with Crippen molar-refractivity contribution in [3.63, 3.8) is 0 Å². The third kappa shape index (κ3) is 4.88. The molecule has 2 N–H and O–H groups in total. The van der Waals surface area contributed by atoms with Crippen molar-refractivity contribution in [3.8, 4) is 0 Å². The second-order valence-corrected chi connectivity index (χ2v) is 7.78. The molecule has 2 aliphatic rings. The number of rotatable bonds is 4. The number of nitrogens with one attached hydrogen (secondary N) is 2. The maximum atomic E-state index is 12.7. The van der Waals surface area contributed by atoms with E-state index in [1.165, 1.54) is 18.5 Å². The van der Waals surface area contributed by atoms with Crippen molar-refractivity contribution in [1.29, 1.82) is 0 Å². The fraction of sp³-hybridized carbons (Fsp3) is 0.391. The molecule has 0 aromatic heterocycles. The van der Waals surface area contributed by atoms with E-state index < -0.39 is 0 Å². The fourth-order valence-electron chi connectivity index (χ4n) is 4.09. The Kier molecular flexibility index (Phi) is 5.98. The van der Waals surface area contributed by atoms with Gasteiger partial charge in [-0.15, -0.1) is 0 Å². The van der Waals surface area contributed by atoms with Gasteiger partial charge in [0.25, 0.3) is 5.91 Å². The first-order valence-electron chi connectivity index (χ1n) is 10.5. The molecular formula is C23H28N4O2. The molecule has 0 unspecified atom stereocenters. The van der Waals surface area contributed by atoms with Crippen molar-refractivity contribution in [3.05, 3.63) is 60.2 Å². The van der Waals surface area contributed by atoms with Gasteiger partial charge in [-0.1, -0.05) is 37.1 Å². The van der Waals surface area contributed by atoms with Gasteiger partial charge in [0, 0.05) is 49.2 Å². The molecule has 6 nitrogen and oxygen atoms in total. The Hall–Kier alpha value is -3.02. The first kappa shape index (κ1) is 19.3. The number of benzene rings is 2. The Balaban J connectivity index is 1.31. The monoisotopic (exact) mass is 392 g/mol. The highest BCUT2D eigenvalue weighted by Gasteiger charge is 2.22. The molecule has 1 saturated carbocycles. The van der Waals surface area contributed by atoms with Gasteiger partial charge in [0.1, 0.15) is 0 Å². The highest BCUT2D eigenvalue weighted by molar-refractivity contribution is 5.97. The van der Waals surface area contributed by atoms with Gasteiger partial charge < -0.3 is 20.4 Å². The Morgan fingerprint density at radius 2 is 1.59 bits per heavy atom. The normalized spacial score (nSPS) is 17.2. The second kappa shape index (κ2) is 8.99. The molecule has 1 aliphatic carbocycles. The van der Waals surface area contributed by atoms with E-state index in [1.54, 1.807) is 12.1 Å². The lowest BCUT2D eigenvalue weighted by Crippen LogP contribution is -2.50. The van der Waals surface area contributed by atoms with Crippen molar-refractivity contribution in [2.45, 2.75) is 31.7 Å². The van der Waals surface area contributed by atoms with Crippen molar-refractivity contribution in [1.82, 2.24) is 10.2 Å². The van der Waals surface area contributed by atoms with Crippen LogP contribution in [0.15, 0.2) is 54.6 Å². The van der Waals surface area contributed by atoms with Gasteiger partial charge in [-0.3, -0.25) is 4.79 Å². The van der Waals surface area contributed by atoms with E-state index in [2.05, 4.69) is 27.7 Å². The number of hydrogen-bond donors (Lipinski definition) is 2. The summed E-state index contributed by atoms with van der Waals surface area (Å²) in [6.07, 6.45) is 4.46. The van der Waals surface area contributed by atoms with Gasteiger partial charge in [-0.2, -0.15) is 0 Å². The first-order chi connectivity index (χ1) is 14.2. The van der Waals surface area contributed by atoms with Crippen LogP contribution in [-0.4, -0.2) is 49.1 Å². The summed E-state index contributed by atoms with van der Waals surface area (Å²) in [5.74, 6) is -0.0653. The molecule has 2 fully saturated rings. The lowest BCUT2D eigenvalue weighted by Gasteiger charge is -2.36. The molecule has 6 heteroatoms. The van der Waals surface area contributed by atoms with E-state index in [-0.39, 0.29) is 18.0 Å².